The minimum Gasteiger partial charge on any atom is -0.257 e. The van der Waals surface area contributed by atoms with Gasteiger partial charge < -0.3 is 0 Å². The van der Waals surface area contributed by atoms with Crippen molar-refractivity contribution in [1.29, 1.82) is 0 Å². The number of alkyl halides is 4. The highest BCUT2D eigenvalue weighted by Gasteiger charge is 2.38. The van der Waals surface area contributed by atoms with Crippen LogP contribution < -0.4 is 0 Å². The molecule has 0 aromatic carbocycles. The smallest absolute Gasteiger partial charge is 0.257 e. The third-order valence-corrected chi connectivity index (χ3v) is 2.86. The zero-order valence-electron chi connectivity index (χ0n) is 9.18. The molecule has 0 radical (unpaired) electrons. The van der Waals surface area contributed by atoms with Crippen LogP contribution >= 0.6 is 11.6 Å². The summed E-state index contributed by atoms with van der Waals surface area (Å²) in [7, 11) is 0. The third-order valence-electron chi connectivity index (χ3n) is 2.57. The second kappa shape index (κ2) is 5.08. The Morgan fingerprint density at radius 3 is 2.31 bits per heavy atom. The molecular formula is C10H14ClF3N2. The van der Waals surface area contributed by atoms with E-state index in [0.717, 1.165) is 4.68 Å². The first-order valence-corrected chi connectivity index (χ1v) is 5.68. The monoisotopic (exact) mass is 254 g/mol. The zero-order valence-corrected chi connectivity index (χ0v) is 9.94. The maximum absolute atomic E-state index is 12.8. The molecule has 0 atom stereocenters. The summed E-state index contributed by atoms with van der Waals surface area (Å²) in [6.45, 7) is 3.69. The van der Waals surface area contributed by atoms with Crippen LogP contribution in [-0.2, 0) is 12.1 Å². The Kier molecular flexibility index (Phi) is 4.24. The van der Waals surface area contributed by atoms with E-state index in [2.05, 4.69) is 5.10 Å². The summed E-state index contributed by atoms with van der Waals surface area (Å²) >= 11 is 5.49. The van der Waals surface area contributed by atoms with Gasteiger partial charge in [0.15, 0.2) is 0 Å². The number of hydrogen-bond acceptors (Lipinski definition) is 1. The molecule has 0 unspecified atom stereocenters. The Morgan fingerprint density at radius 2 is 1.94 bits per heavy atom. The minimum absolute atomic E-state index is 0.0427. The Labute approximate surface area is 97.4 Å². The van der Waals surface area contributed by atoms with Crippen LogP contribution in [0.2, 0.25) is 0 Å². The number of halogens is 4. The molecule has 6 heteroatoms. The van der Waals surface area contributed by atoms with Crippen LogP contribution in [0.25, 0.3) is 0 Å². The van der Waals surface area contributed by atoms with E-state index in [9.17, 15) is 13.2 Å². The van der Waals surface area contributed by atoms with Crippen LogP contribution in [0, 0.1) is 0 Å². The molecule has 1 heterocycles. The van der Waals surface area contributed by atoms with Crippen LogP contribution in [0.4, 0.5) is 13.2 Å². The van der Waals surface area contributed by atoms with Gasteiger partial charge in [-0.05, 0) is 12.8 Å². The summed E-state index contributed by atoms with van der Waals surface area (Å²) < 4.78 is 39.6. The van der Waals surface area contributed by atoms with Gasteiger partial charge in [-0.1, -0.05) is 13.8 Å². The van der Waals surface area contributed by atoms with Crippen molar-refractivity contribution in [2.75, 3.05) is 0 Å². The molecule has 0 saturated carbocycles. The fourth-order valence-electron chi connectivity index (χ4n) is 1.72. The Balaban J connectivity index is 3.24. The standard InChI is InChI=1S/C10H14ClF3N2/c1-3-8(4-2)16-9(10(12,13)14)7(5-11)6-15-16/h6,8H,3-5H2,1-2H3. The summed E-state index contributed by atoms with van der Waals surface area (Å²) in [5.74, 6) is -0.172. The molecule has 0 N–H and O–H groups in total. The average Bonchev–Trinajstić information content (AvgIpc) is 2.63. The minimum atomic E-state index is -4.40. The van der Waals surface area contributed by atoms with Gasteiger partial charge in [-0.15, -0.1) is 11.6 Å². The van der Waals surface area contributed by atoms with Gasteiger partial charge in [0.25, 0.3) is 0 Å². The topological polar surface area (TPSA) is 17.8 Å². The lowest BCUT2D eigenvalue weighted by Gasteiger charge is -2.18. The van der Waals surface area contributed by atoms with Crippen molar-refractivity contribution < 1.29 is 13.2 Å². The van der Waals surface area contributed by atoms with Gasteiger partial charge in [0.1, 0.15) is 5.69 Å². The first-order valence-electron chi connectivity index (χ1n) is 5.15. The normalized spacial score (nSPS) is 12.4. The second-order valence-electron chi connectivity index (χ2n) is 3.56. The van der Waals surface area contributed by atoms with E-state index in [1.807, 2.05) is 13.8 Å². The first kappa shape index (κ1) is 13.4. The molecule has 2 nitrogen and oxygen atoms in total. The van der Waals surface area contributed by atoms with Crippen molar-refractivity contribution >= 4 is 11.6 Å². The van der Waals surface area contributed by atoms with Gasteiger partial charge in [-0.25, -0.2) is 0 Å². The summed E-state index contributed by atoms with van der Waals surface area (Å²) in [5.41, 5.74) is -0.669. The fourth-order valence-corrected chi connectivity index (χ4v) is 1.91. The molecule has 0 spiro atoms. The van der Waals surface area contributed by atoms with Crippen molar-refractivity contribution in [2.45, 2.75) is 44.8 Å². The van der Waals surface area contributed by atoms with Crippen LogP contribution in [-0.4, -0.2) is 9.78 Å². The van der Waals surface area contributed by atoms with E-state index in [4.69, 9.17) is 11.6 Å². The van der Waals surface area contributed by atoms with Crippen molar-refractivity contribution in [1.82, 2.24) is 9.78 Å². The SMILES string of the molecule is CCC(CC)n1ncc(CCl)c1C(F)(F)F. The highest BCUT2D eigenvalue weighted by atomic mass is 35.5. The number of hydrogen-bond donors (Lipinski definition) is 0. The van der Waals surface area contributed by atoms with Gasteiger partial charge in [0, 0.05) is 5.56 Å². The predicted octanol–water partition coefficient (Wildman–Crippen LogP) is 4.00. The van der Waals surface area contributed by atoms with E-state index in [1.54, 1.807) is 0 Å². The first-order chi connectivity index (χ1) is 7.45. The maximum atomic E-state index is 12.8. The fraction of sp³-hybridized carbons (Fsp3) is 0.700. The maximum Gasteiger partial charge on any atom is 0.433 e. The van der Waals surface area contributed by atoms with E-state index < -0.39 is 11.9 Å². The van der Waals surface area contributed by atoms with Gasteiger partial charge in [-0.3, -0.25) is 4.68 Å². The van der Waals surface area contributed by atoms with Gasteiger partial charge in [0.05, 0.1) is 18.1 Å². The quantitative estimate of drug-likeness (QED) is 0.743. The van der Waals surface area contributed by atoms with Crippen molar-refractivity contribution in [3.8, 4) is 0 Å². The van der Waals surface area contributed by atoms with Gasteiger partial charge in [0.2, 0.25) is 0 Å². The molecule has 0 bridgehead atoms. The van der Waals surface area contributed by atoms with Crippen LogP contribution in [0.1, 0.15) is 44.0 Å². The molecule has 1 aromatic rings. The van der Waals surface area contributed by atoms with Crippen LogP contribution in [0.5, 0.6) is 0 Å². The molecule has 0 amide bonds. The Morgan fingerprint density at radius 1 is 1.38 bits per heavy atom. The van der Waals surface area contributed by atoms with E-state index >= 15 is 0 Å². The highest BCUT2D eigenvalue weighted by molar-refractivity contribution is 6.17. The summed E-state index contributed by atoms with van der Waals surface area (Å²) in [6.07, 6.45) is -1.97. The molecule has 0 saturated heterocycles. The lowest BCUT2D eigenvalue weighted by molar-refractivity contribution is -0.145. The average molecular weight is 255 g/mol. The number of rotatable bonds is 4. The van der Waals surface area contributed by atoms with Crippen molar-refractivity contribution in [3.63, 3.8) is 0 Å². The highest BCUT2D eigenvalue weighted by Crippen LogP contribution is 2.35. The third kappa shape index (κ3) is 2.51. The van der Waals surface area contributed by atoms with Crippen molar-refractivity contribution in [2.24, 2.45) is 0 Å². The molecule has 0 aliphatic heterocycles. The molecular weight excluding hydrogens is 241 g/mol. The summed E-state index contributed by atoms with van der Waals surface area (Å²) in [4.78, 5) is 0. The zero-order chi connectivity index (χ0) is 12.3. The molecule has 0 fully saturated rings. The van der Waals surface area contributed by atoms with Crippen molar-refractivity contribution in [3.05, 3.63) is 17.5 Å². The molecule has 1 aromatic heterocycles. The molecule has 0 aliphatic rings. The van der Waals surface area contributed by atoms with E-state index in [0.29, 0.717) is 12.8 Å². The Bertz CT molecular complexity index is 342. The summed E-state index contributed by atoms with van der Waals surface area (Å²) in [5, 5.41) is 3.81. The number of aromatic nitrogens is 2. The summed E-state index contributed by atoms with van der Waals surface area (Å²) in [6, 6.07) is -0.228. The molecule has 16 heavy (non-hydrogen) atoms. The van der Waals surface area contributed by atoms with Gasteiger partial charge in [-0.2, -0.15) is 18.3 Å². The number of nitrogens with zero attached hydrogens (tertiary/aromatic N) is 2. The largest absolute Gasteiger partial charge is 0.433 e. The van der Waals surface area contributed by atoms with Crippen LogP contribution in [0.15, 0.2) is 6.20 Å². The predicted molar refractivity (Wildman–Crippen MR) is 56.4 cm³/mol. The lowest BCUT2D eigenvalue weighted by atomic mass is 10.1. The lowest BCUT2D eigenvalue weighted by Crippen LogP contribution is -2.20. The van der Waals surface area contributed by atoms with E-state index in [1.165, 1.54) is 6.20 Å². The van der Waals surface area contributed by atoms with Gasteiger partial charge >= 0.3 is 6.18 Å². The second-order valence-corrected chi connectivity index (χ2v) is 3.83. The Hall–Kier alpha value is -0.710. The van der Waals surface area contributed by atoms with Crippen LogP contribution in [0.3, 0.4) is 0 Å². The molecule has 92 valence electrons. The van der Waals surface area contributed by atoms with E-state index in [-0.39, 0.29) is 17.5 Å². The molecule has 0 aliphatic carbocycles. The molecule has 1 rings (SSSR count).